The van der Waals surface area contributed by atoms with E-state index in [9.17, 15) is 32.3 Å². The van der Waals surface area contributed by atoms with Gasteiger partial charge in [-0.3, -0.25) is 34.3 Å². The Morgan fingerprint density at radius 2 is 1.65 bits per heavy atom. The molecule has 60 heavy (non-hydrogen) atoms. The summed E-state index contributed by atoms with van der Waals surface area (Å²) >= 11 is 5.53. The number of nitriles is 1. The summed E-state index contributed by atoms with van der Waals surface area (Å²) in [5.74, 6) is -0.927. The molecule has 1 aliphatic carbocycles. The maximum atomic E-state index is 13.3. The topological polar surface area (TPSA) is 158 Å². The molecule has 4 N–H and O–H groups in total. The van der Waals surface area contributed by atoms with E-state index >= 15 is 0 Å². The number of rotatable bonds is 8. The summed E-state index contributed by atoms with van der Waals surface area (Å²) < 4.78 is 40.0. The fourth-order valence-corrected chi connectivity index (χ4v) is 8.06. The largest absolute Gasteiger partial charge is 0.417 e. The number of anilines is 3. The molecule has 0 aromatic heterocycles. The van der Waals surface area contributed by atoms with Gasteiger partial charge < -0.3 is 20.6 Å². The van der Waals surface area contributed by atoms with Crippen LogP contribution < -0.4 is 20.9 Å². The lowest BCUT2D eigenvalue weighted by atomic mass is 9.91. The van der Waals surface area contributed by atoms with Crippen LogP contribution in [-0.2, 0) is 25.4 Å². The molecule has 6 rings (SSSR count). The van der Waals surface area contributed by atoms with Crippen molar-refractivity contribution in [1.82, 2.24) is 15.1 Å². The van der Waals surface area contributed by atoms with Crippen molar-refractivity contribution in [3.63, 3.8) is 0 Å². The van der Waals surface area contributed by atoms with Crippen LogP contribution in [0.15, 0.2) is 42.5 Å². The number of amides is 4. The molecular weight excluding hydrogens is 910 g/mol. The minimum absolute atomic E-state index is 0. The first-order valence-corrected chi connectivity index (χ1v) is 21.1. The minimum atomic E-state index is -4.69. The van der Waals surface area contributed by atoms with Crippen molar-refractivity contribution in [2.24, 2.45) is 0 Å². The Bertz CT molecular complexity index is 1830. The molecule has 2 aromatic rings. The molecule has 0 radical (unpaired) electrons. The number of piperidine rings is 2. The number of halogens is 4. The number of benzene rings is 2. The van der Waals surface area contributed by atoms with Crippen LogP contribution in [0.25, 0.3) is 0 Å². The van der Waals surface area contributed by atoms with Gasteiger partial charge in [0.2, 0.25) is 17.7 Å². The fraction of sp³-hybridized carbons (Fsp3) is 0.581. The lowest BCUT2D eigenvalue weighted by molar-refractivity contribution is -0.138. The molecule has 3 aliphatic heterocycles. The number of aliphatic hydroxyl groups excluding tert-OH is 1. The molecule has 338 valence electrons. The van der Waals surface area contributed by atoms with E-state index in [1.165, 1.54) is 17.4 Å². The van der Waals surface area contributed by atoms with Crippen LogP contribution in [0.5, 0.6) is 0 Å². The second kappa shape index (κ2) is 24.5. The van der Waals surface area contributed by atoms with Crippen molar-refractivity contribution in [1.29, 1.82) is 5.26 Å². The lowest BCUT2D eigenvalue weighted by Crippen LogP contribution is -2.50. The third kappa shape index (κ3) is 14.1. The zero-order valence-electron chi connectivity index (χ0n) is 35.5. The van der Waals surface area contributed by atoms with E-state index in [4.69, 9.17) is 22.6 Å². The highest BCUT2D eigenvalue weighted by Gasteiger charge is 2.52. The number of imide groups is 1. The van der Waals surface area contributed by atoms with E-state index in [0.717, 1.165) is 75.7 Å². The van der Waals surface area contributed by atoms with Crippen molar-refractivity contribution in [3.05, 3.63) is 53.6 Å². The predicted octanol–water partition coefficient (Wildman–Crippen LogP) is 9.11. The second-order valence-corrected chi connectivity index (χ2v) is 15.7. The SMILES string of the molecule is CC.CC1(C)C(=O)N(c2ccc(C#N)c(C(F)(F)F)c2)C(=S)N1C1CCCCC1.CCCO.C[C@H]1CCCCN1CC(=O)Nc1cccc(NC2CCC(=O)NC2=O)c1.I.[HH].[HH].[HH]. The quantitative estimate of drug-likeness (QED) is 0.114. The van der Waals surface area contributed by atoms with Gasteiger partial charge in [-0.25, -0.2) is 0 Å². The molecule has 4 fully saturated rings. The molecule has 3 saturated heterocycles. The van der Waals surface area contributed by atoms with Gasteiger partial charge in [-0.1, -0.05) is 52.5 Å². The number of alkyl halides is 3. The van der Waals surface area contributed by atoms with Crippen LogP contribution in [0.4, 0.5) is 30.2 Å². The number of carbonyl (C=O) groups excluding carboxylic acids is 4. The number of hydrogen-bond acceptors (Lipinski definition) is 9. The number of thiocarbonyl (C=S) groups is 1. The van der Waals surface area contributed by atoms with Gasteiger partial charge in [0.15, 0.2) is 5.11 Å². The van der Waals surface area contributed by atoms with Crippen molar-refractivity contribution in [3.8, 4) is 6.07 Å². The summed E-state index contributed by atoms with van der Waals surface area (Å²) in [4.78, 5) is 53.8. The third-order valence-electron chi connectivity index (χ3n) is 10.6. The van der Waals surface area contributed by atoms with Crippen molar-refractivity contribution in [2.45, 2.75) is 142 Å². The van der Waals surface area contributed by atoms with Crippen LogP contribution >= 0.6 is 36.2 Å². The Labute approximate surface area is 379 Å². The Kier molecular flexibility index (Phi) is 21.4. The molecule has 1 saturated carbocycles. The number of aliphatic hydroxyl groups is 1. The molecule has 0 bridgehead atoms. The zero-order valence-corrected chi connectivity index (χ0v) is 38.6. The average molecular weight is 978 g/mol. The van der Waals surface area contributed by atoms with E-state index in [1.807, 2.05) is 43.9 Å². The highest BCUT2D eigenvalue weighted by molar-refractivity contribution is 14.0. The van der Waals surface area contributed by atoms with E-state index in [-0.39, 0.29) is 68.7 Å². The molecule has 1 unspecified atom stereocenters. The summed E-state index contributed by atoms with van der Waals surface area (Å²) in [7, 11) is 0. The Hall–Kier alpha value is -3.86. The van der Waals surface area contributed by atoms with Crippen LogP contribution in [0.2, 0.25) is 0 Å². The molecule has 4 aliphatic rings. The van der Waals surface area contributed by atoms with Gasteiger partial charge >= 0.3 is 6.18 Å². The smallest absolute Gasteiger partial charge is 0.396 e. The zero-order chi connectivity index (χ0) is 43.9. The highest BCUT2D eigenvalue weighted by atomic mass is 127. The monoisotopic (exact) mass is 977 g/mol. The maximum absolute atomic E-state index is 13.3. The van der Waals surface area contributed by atoms with Crippen molar-refractivity contribution >= 4 is 82.0 Å². The Morgan fingerprint density at radius 1 is 1.02 bits per heavy atom. The molecule has 2 atom stereocenters. The molecule has 17 heteroatoms. The summed E-state index contributed by atoms with van der Waals surface area (Å²) in [5, 5.41) is 25.5. The van der Waals surface area contributed by atoms with Gasteiger partial charge in [-0.2, -0.15) is 18.4 Å². The van der Waals surface area contributed by atoms with E-state index < -0.39 is 28.9 Å². The van der Waals surface area contributed by atoms with Crippen LogP contribution in [-0.4, -0.2) is 87.0 Å². The highest BCUT2D eigenvalue weighted by Crippen LogP contribution is 2.40. The van der Waals surface area contributed by atoms with Gasteiger partial charge in [-0.05, 0) is 114 Å². The number of nitrogens with zero attached hydrogens (tertiary/aromatic N) is 4. The second-order valence-electron chi connectivity index (χ2n) is 15.3. The first kappa shape index (κ1) is 52.3. The van der Waals surface area contributed by atoms with Crippen LogP contribution in [0, 0.1) is 11.3 Å². The van der Waals surface area contributed by atoms with Gasteiger partial charge in [-0.15, -0.1) is 24.0 Å². The number of hydrogen-bond donors (Lipinski definition) is 4. The van der Waals surface area contributed by atoms with E-state index in [0.29, 0.717) is 37.7 Å². The number of nitrogens with one attached hydrogen (secondary N) is 3. The maximum Gasteiger partial charge on any atom is 0.417 e. The average Bonchev–Trinajstić information content (AvgIpc) is 3.39. The summed E-state index contributed by atoms with van der Waals surface area (Å²) in [6.45, 7) is 13.3. The molecular formula is C43H67F3IN7O5S. The summed E-state index contributed by atoms with van der Waals surface area (Å²) in [6.07, 6.45) is 5.53. The molecule has 2 aromatic carbocycles. The van der Waals surface area contributed by atoms with Gasteiger partial charge in [0.1, 0.15) is 11.6 Å². The molecule has 12 nitrogen and oxygen atoms in total. The molecule has 0 spiro atoms. The van der Waals surface area contributed by atoms with Crippen LogP contribution in [0.1, 0.15) is 128 Å². The van der Waals surface area contributed by atoms with Crippen LogP contribution in [0.3, 0.4) is 0 Å². The van der Waals surface area contributed by atoms with Gasteiger partial charge in [0.25, 0.3) is 5.91 Å². The Balaban J connectivity index is 0. The first-order chi connectivity index (χ1) is 28.0. The normalized spacial score (nSPS) is 20.4. The number of carbonyl (C=O) groups is 4. The molecule has 3 heterocycles. The molecule has 4 amide bonds. The van der Waals surface area contributed by atoms with Crippen molar-refractivity contribution < 1.29 is 41.7 Å². The summed E-state index contributed by atoms with van der Waals surface area (Å²) in [5.41, 5.74) is -0.992. The standard InChI is InChI=1S/C19H20F3N3OS.C19H26N4O3.C3H8O.C2H6.HI.3H2/c1-18(2)16(26)24(17(27)25(18)13-6-4-3-5-7-13)14-9-8-12(11-23)15(10-14)19(20,21)22;1-13-5-2-3-10-23(13)12-18(25)21-15-7-4-6-14(11-15)20-16-8-9-17(24)22-19(16)26;1-2-3-4;1-2;;;;/h8-10,13H,3-7H2,1-2H3;4,6-7,11,13,16,20H,2-3,5,8-10,12H2,1H3,(H,21,25)(H,22,24,26);4H,2-3H2,1H3;1-2H3;4*1H/t;13-,16?;;;;;;/m.0....../s1. The van der Waals surface area contributed by atoms with Crippen molar-refractivity contribution in [2.75, 3.05) is 35.2 Å². The van der Waals surface area contributed by atoms with E-state index in [2.05, 4.69) is 27.8 Å². The predicted molar refractivity (Wildman–Crippen MR) is 249 cm³/mol. The fourth-order valence-electron chi connectivity index (χ4n) is 7.49. The van der Waals surface area contributed by atoms with E-state index in [1.54, 1.807) is 26.0 Å². The van der Waals surface area contributed by atoms with Gasteiger partial charge in [0.05, 0.1) is 29.4 Å². The lowest BCUT2D eigenvalue weighted by Gasteiger charge is -2.39. The Morgan fingerprint density at radius 3 is 2.23 bits per heavy atom. The van der Waals surface area contributed by atoms with Gasteiger partial charge in [0, 0.05) is 40.8 Å². The summed E-state index contributed by atoms with van der Waals surface area (Å²) in [6, 6.07) is 12.2. The first-order valence-electron chi connectivity index (χ1n) is 20.7. The third-order valence-corrected chi connectivity index (χ3v) is 11.0. The minimum Gasteiger partial charge on any atom is -0.396 e. The number of likely N-dealkylation sites (tertiary alicyclic amines) is 1.